The third-order valence-electron chi connectivity index (χ3n) is 4.44. The van der Waals surface area contributed by atoms with E-state index in [1.54, 1.807) is 12.1 Å². The minimum absolute atomic E-state index is 0.0751. The molecule has 6 nitrogen and oxygen atoms in total. The number of benzene rings is 2. The number of carbonyl (C=O) groups is 2. The van der Waals surface area contributed by atoms with E-state index in [0.29, 0.717) is 11.4 Å². The van der Waals surface area contributed by atoms with Gasteiger partial charge in [-0.25, -0.2) is 0 Å². The summed E-state index contributed by atoms with van der Waals surface area (Å²) in [7, 11) is 0. The van der Waals surface area contributed by atoms with E-state index in [2.05, 4.69) is 15.6 Å². The Bertz CT molecular complexity index is 920. The number of ether oxygens (including phenoxy) is 1. The van der Waals surface area contributed by atoms with E-state index in [4.69, 9.17) is 4.74 Å². The zero-order valence-electron chi connectivity index (χ0n) is 16.5. The summed E-state index contributed by atoms with van der Waals surface area (Å²) in [6.45, 7) is 3.62. The first-order valence-corrected chi connectivity index (χ1v) is 9.55. The molecule has 1 heterocycles. The van der Waals surface area contributed by atoms with Crippen LogP contribution in [0.15, 0.2) is 72.9 Å². The van der Waals surface area contributed by atoms with Crippen LogP contribution in [0.2, 0.25) is 0 Å². The number of anilines is 1. The Morgan fingerprint density at radius 1 is 0.966 bits per heavy atom. The first-order valence-electron chi connectivity index (χ1n) is 9.55. The number of para-hydroxylation sites is 1. The number of amides is 2. The van der Waals surface area contributed by atoms with Gasteiger partial charge in [-0.1, -0.05) is 44.2 Å². The van der Waals surface area contributed by atoms with Gasteiger partial charge >= 0.3 is 0 Å². The third kappa shape index (κ3) is 5.72. The zero-order valence-corrected chi connectivity index (χ0v) is 16.5. The second-order valence-corrected chi connectivity index (χ2v) is 7.04. The van der Waals surface area contributed by atoms with Crippen molar-refractivity contribution in [3.63, 3.8) is 0 Å². The number of carbonyl (C=O) groups excluding carboxylic acids is 2. The van der Waals surface area contributed by atoms with Gasteiger partial charge in [0.1, 0.15) is 11.8 Å². The predicted molar refractivity (Wildman–Crippen MR) is 114 cm³/mol. The van der Waals surface area contributed by atoms with Crippen molar-refractivity contribution in [1.29, 1.82) is 0 Å². The average molecular weight is 391 g/mol. The second-order valence-electron chi connectivity index (χ2n) is 7.04. The van der Waals surface area contributed by atoms with Crippen molar-refractivity contribution in [2.45, 2.75) is 19.9 Å². The fourth-order valence-corrected chi connectivity index (χ4v) is 2.88. The van der Waals surface area contributed by atoms with Gasteiger partial charge in [0.15, 0.2) is 6.61 Å². The second kappa shape index (κ2) is 9.59. The Morgan fingerprint density at radius 2 is 1.69 bits per heavy atom. The Balaban J connectivity index is 1.56. The van der Waals surface area contributed by atoms with E-state index in [1.807, 2.05) is 74.6 Å². The van der Waals surface area contributed by atoms with Crippen molar-refractivity contribution in [3.8, 4) is 17.0 Å². The number of rotatable bonds is 8. The van der Waals surface area contributed by atoms with Gasteiger partial charge in [0.2, 0.25) is 5.91 Å². The van der Waals surface area contributed by atoms with Crippen molar-refractivity contribution < 1.29 is 14.3 Å². The summed E-state index contributed by atoms with van der Waals surface area (Å²) in [5.41, 5.74) is 2.71. The Kier molecular flexibility index (Phi) is 6.68. The van der Waals surface area contributed by atoms with Gasteiger partial charge in [-0.15, -0.1) is 0 Å². The van der Waals surface area contributed by atoms with E-state index >= 15 is 0 Å². The molecule has 3 aromatic rings. The summed E-state index contributed by atoms with van der Waals surface area (Å²) >= 11 is 0. The van der Waals surface area contributed by atoms with Gasteiger partial charge < -0.3 is 20.4 Å². The van der Waals surface area contributed by atoms with E-state index in [-0.39, 0.29) is 24.3 Å². The van der Waals surface area contributed by atoms with Crippen LogP contribution in [0.4, 0.5) is 5.69 Å². The molecule has 0 aliphatic heterocycles. The van der Waals surface area contributed by atoms with Crippen molar-refractivity contribution in [2.24, 2.45) is 5.92 Å². The largest absolute Gasteiger partial charge is 0.484 e. The van der Waals surface area contributed by atoms with Crippen LogP contribution in [0.3, 0.4) is 0 Å². The molecule has 29 heavy (non-hydrogen) atoms. The number of hydrogen-bond donors (Lipinski definition) is 3. The van der Waals surface area contributed by atoms with Crippen LogP contribution in [0.1, 0.15) is 13.8 Å². The van der Waals surface area contributed by atoms with Crippen LogP contribution in [0.25, 0.3) is 11.3 Å². The molecule has 2 amide bonds. The molecule has 0 aliphatic rings. The lowest BCUT2D eigenvalue weighted by molar-refractivity contribution is -0.128. The molecule has 0 saturated heterocycles. The van der Waals surface area contributed by atoms with Gasteiger partial charge in [0, 0.05) is 17.6 Å². The molecule has 1 atom stereocenters. The van der Waals surface area contributed by atoms with Gasteiger partial charge in [0.05, 0.1) is 0 Å². The molecular formula is C23H25N3O3. The van der Waals surface area contributed by atoms with Crippen LogP contribution in [-0.2, 0) is 9.59 Å². The zero-order chi connectivity index (χ0) is 20.6. The minimum Gasteiger partial charge on any atom is -0.484 e. The molecule has 150 valence electrons. The Morgan fingerprint density at radius 3 is 2.31 bits per heavy atom. The number of aromatic amines is 1. The maximum Gasteiger partial charge on any atom is 0.258 e. The number of nitrogens with one attached hydrogen (secondary N) is 3. The molecule has 3 rings (SSSR count). The summed E-state index contributed by atoms with van der Waals surface area (Å²) in [4.78, 5) is 28.1. The first kappa shape index (κ1) is 20.2. The van der Waals surface area contributed by atoms with Gasteiger partial charge in [-0.05, 0) is 47.9 Å². The fourth-order valence-electron chi connectivity index (χ4n) is 2.88. The molecular weight excluding hydrogens is 366 g/mol. The highest BCUT2D eigenvalue weighted by atomic mass is 16.5. The molecule has 0 radical (unpaired) electrons. The number of hydrogen-bond acceptors (Lipinski definition) is 3. The highest BCUT2D eigenvalue weighted by molar-refractivity contribution is 5.97. The average Bonchev–Trinajstić information content (AvgIpc) is 3.26. The fraction of sp³-hybridized carbons (Fsp3) is 0.217. The topological polar surface area (TPSA) is 83.2 Å². The normalized spacial score (nSPS) is 11.7. The maximum atomic E-state index is 12.7. The van der Waals surface area contributed by atoms with Crippen molar-refractivity contribution in [1.82, 2.24) is 10.3 Å². The first-order chi connectivity index (χ1) is 14.0. The van der Waals surface area contributed by atoms with Gasteiger partial charge in [-0.2, -0.15) is 0 Å². The number of aromatic nitrogens is 1. The molecule has 0 fully saturated rings. The molecule has 6 heteroatoms. The quantitative estimate of drug-likeness (QED) is 0.546. The molecule has 0 aliphatic carbocycles. The lowest BCUT2D eigenvalue weighted by atomic mass is 10.0. The van der Waals surface area contributed by atoms with Gasteiger partial charge in [-0.3, -0.25) is 9.59 Å². The highest BCUT2D eigenvalue weighted by Gasteiger charge is 2.24. The molecule has 0 spiro atoms. The maximum absolute atomic E-state index is 12.7. The summed E-state index contributed by atoms with van der Waals surface area (Å²) < 4.78 is 5.45. The third-order valence-corrected chi connectivity index (χ3v) is 4.44. The van der Waals surface area contributed by atoms with E-state index in [1.165, 1.54) is 0 Å². The van der Waals surface area contributed by atoms with Crippen molar-refractivity contribution >= 4 is 17.5 Å². The van der Waals surface area contributed by atoms with Crippen LogP contribution in [0, 0.1) is 5.92 Å². The summed E-state index contributed by atoms with van der Waals surface area (Å²) in [5, 5.41) is 5.63. The highest BCUT2D eigenvalue weighted by Crippen LogP contribution is 2.20. The SMILES string of the molecule is CC(C)C(NC(=O)COc1ccccc1)C(=O)Nc1ccc(-c2ccc[nH]2)cc1. The molecule has 1 unspecified atom stereocenters. The summed E-state index contributed by atoms with van der Waals surface area (Å²) in [5.74, 6) is -0.0743. The van der Waals surface area contributed by atoms with Crippen LogP contribution >= 0.6 is 0 Å². The molecule has 0 saturated carbocycles. The smallest absolute Gasteiger partial charge is 0.258 e. The van der Waals surface area contributed by atoms with Crippen LogP contribution < -0.4 is 15.4 Å². The Labute approximate surface area is 170 Å². The standard InChI is InChI=1S/C23H25N3O3/c1-16(2)22(26-21(27)15-29-19-7-4-3-5-8-19)23(28)25-18-12-10-17(11-13-18)20-9-6-14-24-20/h3-14,16,22,24H,15H2,1-2H3,(H,25,28)(H,26,27). The molecule has 1 aromatic heterocycles. The van der Waals surface area contributed by atoms with Crippen molar-refractivity contribution in [2.75, 3.05) is 11.9 Å². The minimum atomic E-state index is -0.662. The Hall–Kier alpha value is -3.54. The van der Waals surface area contributed by atoms with E-state index in [0.717, 1.165) is 11.3 Å². The molecule has 2 aromatic carbocycles. The van der Waals surface area contributed by atoms with E-state index in [9.17, 15) is 9.59 Å². The van der Waals surface area contributed by atoms with E-state index < -0.39 is 6.04 Å². The lowest BCUT2D eigenvalue weighted by Crippen LogP contribution is -2.48. The monoisotopic (exact) mass is 391 g/mol. The predicted octanol–water partition coefficient (Wildman–Crippen LogP) is 3.84. The van der Waals surface area contributed by atoms with Crippen LogP contribution in [-0.4, -0.2) is 29.4 Å². The summed E-state index contributed by atoms with van der Waals surface area (Å²) in [6.07, 6.45) is 1.86. The van der Waals surface area contributed by atoms with Gasteiger partial charge in [0.25, 0.3) is 5.91 Å². The molecule has 0 bridgehead atoms. The summed E-state index contributed by atoms with van der Waals surface area (Å²) in [6, 6.07) is 19.9. The van der Waals surface area contributed by atoms with Crippen LogP contribution in [0.5, 0.6) is 5.75 Å². The number of H-pyrrole nitrogens is 1. The molecule has 3 N–H and O–H groups in total. The van der Waals surface area contributed by atoms with Crippen molar-refractivity contribution in [3.05, 3.63) is 72.9 Å². The lowest BCUT2D eigenvalue weighted by Gasteiger charge is -2.22.